The molecule has 0 heterocycles. The first-order valence-corrected chi connectivity index (χ1v) is 13.2. The van der Waals surface area contributed by atoms with Gasteiger partial charge in [-0.25, -0.2) is 8.42 Å². The highest BCUT2D eigenvalue weighted by molar-refractivity contribution is 7.92. The normalized spacial score (nSPS) is 12.2. The van der Waals surface area contributed by atoms with Gasteiger partial charge in [0.05, 0.1) is 11.9 Å². The summed E-state index contributed by atoms with van der Waals surface area (Å²) in [5.41, 5.74) is 2.19. The third-order valence-corrected chi connectivity index (χ3v) is 6.65. The fourth-order valence-corrected chi connectivity index (χ4v) is 4.38. The molecule has 0 fully saturated rings. The van der Waals surface area contributed by atoms with Gasteiger partial charge in [-0.1, -0.05) is 49.7 Å². The zero-order chi connectivity index (χ0) is 24.6. The van der Waals surface area contributed by atoms with Crippen molar-refractivity contribution in [2.45, 2.75) is 46.2 Å². The molecule has 1 N–H and O–H groups in total. The van der Waals surface area contributed by atoms with Gasteiger partial charge in [0.25, 0.3) is 0 Å². The van der Waals surface area contributed by atoms with Crippen molar-refractivity contribution < 1.29 is 18.0 Å². The number of carbonyl (C=O) groups is 2. The van der Waals surface area contributed by atoms with Gasteiger partial charge in [0, 0.05) is 18.1 Å². The zero-order valence-electron chi connectivity index (χ0n) is 19.5. The summed E-state index contributed by atoms with van der Waals surface area (Å²) in [6, 6.07) is 13.3. The first-order chi connectivity index (χ1) is 15.6. The number of sulfonamides is 1. The Morgan fingerprint density at radius 1 is 1.06 bits per heavy atom. The first kappa shape index (κ1) is 26.7. The van der Waals surface area contributed by atoms with Crippen molar-refractivity contribution in [2.75, 3.05) is 23.7 Å². The average molecular weight is 494 g/mol. The van der Waals surface area contributed by atoms with E-state index in [0.717, 1.165) is 34.5 Å². The van der Waals surface area contributed by atoms with E-state index in [2.05, 4.69) is 5.32 Å². The minimum Gasteiger partial charge on any atom is -0.354 e. The van der Waals surface area contributed by atoms with E-state index in [-0.39, 0.29) is 12.5 Å². The third-order valence-electron chi connectivity index (χ3n) is 5.27. The number of halogens is 1. The van der Waals surface area contributed by atoms with Gasteiger partial charge in [-0.2, -0.15) is 0 Å². The monoisotopic (exact) mass is 493 g/mol. The fraction of sp³-hybridized carbons (Fsp3) is 0.417. The second-order valence-electron chi connectivity index (χ2n) is 7.91. The van der Waals surface area contributed by atoms with E-state index >= 15 is 0 Å². The molecular weight excluding hydrogens is 462 g/mol. The van der Waals surface area contributed by atoms with Gasteiger partial charge in [-0.3, -0.25) is 13.9 Å². The SMILES string of the molecule is CCCNC(=O)[C@@H](C)N(Cc1cccc(Cl)c1)C(=O)CN(c1ccc(CC)cc1)S(C)(=O)=O. The molecule has 0 unspecified atom stereocenters. The van der Waals surface area contributed by atoms with Gasteiger partial charge in [0.2, 0.25) is 21.8 Å². The minimum atomic E-state index is -3.74. The summed E-state index contributed by atoms with van der Waals surface area (Å²) in [6.45, 7) is 5.76. The Kier molecular flexibility index (Phi) is 9.73. The molecule has 2 amide bonds. The highest BCUT2D eigenvalue weighted by Crippen LogP contribution is 2.20. The van der Waals surface area contributed by atoms with Crippen LogP contribution in [0.4, 0.5) is 5.69 Å². The maximum atomic E-state index is 13.4. The molecule has 2 aromatic rings. The van der Waals surface area contributed by atoms with Crippen LogP contribution in [0.1, 0.15) is 38.3 Å². The Morgan fingerprint density at radius 3 is 2.27 bits per heavy atom. The van der Waals surface area contributed by atoms with Crippen LogP contribution in [0, 0.1) is 0 Å². The van der Waals surface area contributed by atoms with Gasteiger partial charge < -0.3 is 10.2 Å². The summed E-state index contributed by atoms with van der Waals surface area (Å²) < 4.78 is 26.2. The maximum Gasteiger partial charge on any atom is 0.244 e. The summed E-state index contributed by atoms with van der Waals surface area (Å²) >= 11 is 6.10. The third kappa shape index (κ3) is 7.75. The molecule has 0 aliphatic rings. The second kappa shape index (κ2) is 12.0. The number of amides is 2. The highest BCUT2D eigenvalue weighted by Gasteiger charge is 2.30. The Bertz CT molecular complexity index is 1060. The number of hydrogen-bond acceptors (Lipinski definition) is 4. The molecule has 1 atom stereocenters. The Balaban J connectivity index is 2.36. The Labute approximate surface area is 201 Å². The van der Waals surface area contributed by atoms with Crippen LogP contribution in [0.3, 0.4) is 0 Å². The quantitative estimate of drug-likeness (QED) is 0.518. The molecule has 9 heteroatoms. The molecule has 0 bridgehead atoms. The highest BCUT2D eigenvalue weighted by atomic mass is 35.5. The summed E-state index contributed by atoms with van der Waals surface area (Å²) in [7, 11) is -3.74. The number of nitrogens with zero attached hydrogens (tertiary/aromatic N) is 2. The molecule has 7 nitrogen and oxygen atoms in total. The topological polar surface area (TPSA) is 86.8 Å². The van der Waals surface area contributed by atoms with E-state index in [0.29, 0.717) is 17.3 Å². The van der Waals surface area contributed by atoms with Gasteiger partial charge in [0.1, 0.15) is 12.6 Å². The van der Waals surface area contributed by atoms with E-state index in [4.69, 9.17) is 11.6 Å². The number of anilines is 1. The number of hydrogen-bond donors (Lipinski definition) is 1. The smallest absolute Gasteiger partial charge is 0.244 e. The largest absolute Gasteiger partial charge is 0.354 e. The van der Waals surface area contributed by atoms with Crippen LogP contribution in [0.5, 0.6) is 0 Å². The van der Waals surface area contributed by atoms with E-state index in [1.54, 1.807) is 43.3 Å². The minimum absolute atomic E-state index is 0.118. The number of nitrogens with one attached hydrogen (secondary N) is 1. The van der Waals surface area contributed by atoms with E-state index in [1.807, 2.05) is 26.0 Å². The molecule has 0 saturated heterocycles. The summed E-state index contributed by atoms with van der Waals surface area (Å²) in [4.78, 5) is 27.5. The van der Waals surface area contributed by atoms with Crippen molar-refractivity contribution in [1.29, 1.82) is 0 Å². The summed E-state index contributed by atoms with van der Waals surface area (Å²) in [6.07, 6.45) is 2.64. The number of rotatable bonds is 11. The van der Waals surface area contributed by atoms with Crippen molar-refractivity contribution in [2.24, 2.45) is 0 Å². The van der Waals surface area contributed by atoms with Crippen LogP contribution >= 0.6 is 11.6 Å². The lowest BCUT2D eigenvalue weighted by molar-refractivity contribution is -0.139. The van der Waals surface area contributed by atoms with Crippen molar-refractivity contribution in [3.63, 3.8) is 0 Å². The fourth-order valence-electron chi connectivity index (χ4n) is 3.32. The molecular formula is C24H32ClN3O4S. The lowest BCUT2D eigenvalue weighted by Gasteiger charge is -2.31. The second-order valence-corrected chi connectivity index (χ2v) is 10.3. The molecule has 0 spiro atoms. The lowest BCUT2D eigenvalue weighted by Crippen LogP contribution is -2.51. The molecule has 2 aromatic carbocycles. The summed E-state index contributed by atoms with van der Waals surface area (Å²) in [5.74, 6) is -0.787. The van der Waals surface area contributed by atoms with Gasteiger partial charge in [0.15, 0.2) is 0 Å². The van der Waals surface area contributed by atoms with E-state index in [1.165, 1.54) is 4.90 Å². The lowest BCUT2D eigenvalue weighted by atomic mass is 10.1. The van der Waals surface area contributed by atoms with Gasteiger partial charge in [-0.15, -0.1) is 0 Å². The van der Waals surface area contributed by atoms with Crippen molar-refractivity contribution in [3.05, 3.63) is 64.7 Å². The van der Waals surface area contributed by atoms with Crippen LogP contribution in [0.15, 0.2) is 48.5 Å². The van der Waals surface area contributed by atoms with Crippen LogP contribution in [0.25, 0.3) is 0 Å². The molecule has 0 aliphatic carbocycles. The number of carbonyl (C=O) groups excluding carboxylic acids is 2. The van der Waals surface area contributed by atoms with Crippen molar-refractivity contribution >= 4 is 39.1 Å². The summed E-state index contributed by atoms with van der Waals surface area (Å²) in [5, 5.41) is 3.31. The zero-order valence-corrected chi connectivity index (χ0v) is 21.1. The Hall–Kier alpha value is -2.58. The van der Waals surface area contributed by atoms with Gasteiger partial charge >= 0.3 is 0 Å². The molecule has 33 heavy (non-hydrogen) atoms. The van der Waals surface area contributed by atoms with E-state index < -0.39 is 28.5 Å². The Morgan fingerprint density at radius 2 is 1.73 bits per heavy atom. The van der Waals surface area contributed by atoms with Crippen molar-refractivity contribution in [3.8, 4) is 0 Å². The first-order valence-electron chi connectivity index (χ1n) is 10.9. The number of aryl methyl sites for hydroxylation is 1. The van der Waals surface area contributed by atoms with Crippen molar-refractivity contribution in [1.82, 2.24) is 10.2 Å². The standard InChI is InChI=1S/C24H32ClN3O4S/c1-5-14-26-24(30)18(3)27(16-20-8-7-9-21(25)15-20)23(29)17-28(33(4,31)32)22-12-10-19(6-2)11-13-22/h7-13,15,18H,5-6,14,16-17H2,1-4H3,(H,26,30)/t18-/m1/s1. The number of benzene rings is 2. The van der Waals surface area contributed by atoms with Gasteiger partial charge in [-0.05, 0) is 55.2 Å². The van der Waals surface area contributed by atoms with Crippen LogP contribution in [0.2, 0.25) is 5.02 Å². The predicted molar refractivity (Wildman–Crippen MR) is 133 cm³/mol. The predicted octanol–water partition coefficient (Wildman–Crippen LogP) is 3.61. The molecule has 2 rings (SSSR count). The molecule has 0 aliphatic heterocycles. The van der Waals surface area contributed by atoms with Crippen LogP contribution in [-0.2, 0) is 32.6 Å². The van der Waals surface area contributed by atoms with Crippen LogP contribution < -0.4 is 9.62 Å². The van der Waals surface area contributed by atoms with E-state index in [9.17, 15) is 18.0 Å². The average Bonchev–Trinajstić information content (AvgIpc) is 2.78. The molecule has 180 valence electrons. The molecule has 0 saturated carbocycles. The molecule has 0 radical (unpaired) electrons. The van der Waals surface area contributed by atoms with Crippen LogP contribution in [-0.4, -0.2) is 50.5 Å². The maximum absolute atomic E-state index is 13.4. The molecule has 0 aromatic heterocycles.